The van der Waals surface area contributed by atoms with Crippen LogP contribution in [0.2, 0.25) is 0 Å². The molecule has 1 aliphatic heterocycles. The summed E-state index contributed by atoms with van der Waals surface area (Å²) in [4.78, 5) is 86.5. The average Bonchev–Trinajstić information content (AvgIpc) is 3.73. The number of rotatable bonds is 26. The topological polar surface area (TPSA) is 184 Å². The Morgan fingerprint density at radius 3 is 2.02 bits per heavy atom. The van der Waals surface area contributed by atoms with Crippen LogP contribution in [0.4, 0.5) is 4.79 Å². The number of amides is 5. The lowest BCUT2D eigenvalue weighted by atomic mass is 9.89. The van der Waals surface area contributed by atoms with Gasteiger partial charge in [0.1, 0.15) is 24.7 Å². The van der Waals surface area contributed by atoms with Gasteiger partial charge < -0.3 is 39.8 Å². The highest BCUT2D eigenvalue weighted by Gasteiger charge is 2.44. The molecular formula is C46H77N5O10S2. The number of ether oxygens (including phenoxy) is 3. The molecule has 1 aromatic carbocycles. The van der Waals surface area contributed by atoms with E-state index in [1.807, 2.05) is 66.0 Å². The van der Waals surface area contributed by atoms with Crippen molar-refractivity contribution in [2.75, 3.05) is 47.7 Å². The van der Waals surface area contributed by atoms with E-state index in [1.54, 1.807) is 57.5 Å². The molecule has 0 radical (unpaired) electrons. The van der Waals surface area contributed by atoms with Gasteiger partial charge in [0, 0.05) is 41.3 Å². The summed E-state index contributed by atoms with van der Waals surface area (Å²) in [7, 11) is 9.44. The molecule has 1 aliphatic rings. The minimum atomic E-state index is -1.15. The predicted octanol–water partition coefficient (Wildman–Crippen LogP) is 5.99. The summed E-state index contributed by atoms with van der Waals surface area (Å²) < 4.78 is 17.6. The first-order valence-corrected chi connectivity index (χ1v) is 24.9. The van der Waals surface area contributed by atoms with Gasteiger partial charge in [-0.1, -0.05) is 121 Å². The van der Waals surface area contributed by atoms with E-state index >= 15 is 0 Å². The summed E-state index contributed by atoms with van der Waals surface area (Å²) in [6.07, 6.45) is 1.86. The number of likely N-dealkylation sites (N-methyl/N-ethyl adjacent to an activating group) is 2. The third-order valence-corrected chi connectivity index (χ3v) is 14.8. The number of likely N-dealkylation sites (tertiary alicyclic amines) is 1. The van der Waals surface area contributed by atoms with Gasteiger partial charge in [-0.15, -0.1) is 0 Å². The summed E-state index contributed by atoms with van der Waals surface area (Å²) >= 11 is 0. The van der Waals surface area contributed by atoms with Crippen LogP contribution < -0.4 is 10.6 Å². The fourth-order valence-electron chi connectivity index (χ4n) is 8.38. The van der Waals surface area contributed by atoms with Crippen LogP contribution in [0.3, 0.4) is 0 Å². The largest absolute Gasteiger partial charge is 0.480 e. The standard InChI is InChI=1S/C46H77N5O10S2/c1-15-30(8)40(49(10)44(55)38(28(4)5)48-43(54)39(29(6)7)50(11)46(58)61-26-36(27(2)3)63-62-14)35(59-12)25-37(52)51-23-19-22-34(51)41(60-13)31(9)42(53)47-33(45(56)57)24-32-20-17-16-18-21-32/h16-18,20-21,27-31,33-36,38-41H,15,19,22-26H2,1-14H3,(H,47,53)(H,48,54)(H,56,57)/t30-,31+,33-,34-,35+,36-,38-,39-,40-,41+/m0/s1. The third-order valence-electron chi connectivity index (χ3n) is 12.3. The van der Waals surface area contributed by atoms with Crippen LogP contribution in [0.1, 0.15) is 93.6 Å². The van der Waals surface area contributed by atoms with E-state index in [2.05, 4.69) is 24.5 Å². The molecule has 0 unspecified atom stereocenters. The van der Waals surface area contributed by atoms with Crippen molar-refractivity contribution in [3.05, 3.63) is 35.9 Å². The second kappa shape index (κ2) is 27.1. The number of carbonyl (C=O) groups excluding carboxylic acids is 5. The van der Waals surface area contributed by atoms with E-state index in [0.29, 0.717) is 25.8 Å². The van der Waals surface area contributed by atoms with Crippen LogP contribution in [0.5, 0.6) is 0 Å². The van der Waals surface area contributed by atoms with Gasteiger partial charge in [-0.3, -0.25) is 24.1 Å². The van der Waals surface area contributed by atoms with Crippen LogP contribution in [-0.4, -0.2) is 151 Å². The van der Waals surface area contributed by atoms with Crippen molar-refractivity contribution in [1.82, 2.24) is 25.3 Å². The first kappa shape index (κ1) is 55.6. The Hall–Kier alpha value is -3.54. The Morgan fingerprint density at radius 2 is 1.51 bits per heavy atom. The third kappa shape index (κ3) is 15.8. The number of carboxylic acid groups (broad SMARTS) is 1. The van der Waals surface area contributed by atoms with Crippen LogP contribution in [0.25, 0.3) is 0 Å². The SMILES string of the molecule is CC[C@H](C)[C@@H]([C@@H](CC(=O)N1CCC[C@H]1[C@H](OC)[C@@H](C)C(=O)N[C@@H](Cc1ccccc1)C(=O)O)OC)N(C)C(=O)[C@@H](NC(=O)[C@H](C(C)C)N(C)C(=O)OC[C@H](SSC)C(C)C)C(C)C. The van der Waals surface area contributed by atoms with Crippen LogP contribution in [-0.2, 0) is 44.6 Å². The summed E-state index contributed by atoms with van der Waals surface area (Å²) in [6, 6.07) is 5.01. The number of nitrogens with zero attached hydrogens (tertiary/aromatic N) is 3. The molecule has 0 bridgehead atoms. The van der Waals surface area contributed by atoms with Gasteiger partial charge in [-0.2, -0.15) is 0 Å². The second-order valence-electron chi connectivity index (χ2n) is 17.8. The monoisotopic (exact) mass is 924 g/mol. The van der Waals surface area contributed by atoms with E-state index in [1.165, 1.54) is 26.2 Å². The van der Waals surface area contributed by atoms with Gasteiger partial charge in [-0.05, 0) is 48.3 Å². The van der Waals surface area contributed by atoms with Crippen molar-refractivity contribution in [2.45, 2.75) is 142 Å². The van der Waals surface area contributed by atoms with E-state index in [9.17, 15) is 33.9 Å². The average molecular weight is 924 g/mol. The molecule has 10 atom stereocenters. The number of aliphatic carboxylic acids is 1. The van der Waals surface area contributed by atoms with E-state index in [4.69, 9.17) is 14.2 Å². The Balaban J connectivity index is 2.28. The highest BCUT2D eigenvalue weighted by atomic mass is 33.1. The summed E-state index contributed by atoms with van der Waals surface area (Å²) in [5, 5.41) is 15.7. The molecule has 1 saturated heterocycles. The Kier molecular flexibility index (Phi) is 23.9. The highest BCUT2D eigenvalue weighted by molar-refractivity contribution is 8.76. The lowest BCUT2D eigenvalue weighted by Gasteiger charge is -2.41. The fraction of sp³-hybridized carbons (Fsp3) is 0.739. The molecule has 358 valence electrons. The number of carbonyl (C=O) groups is 6. The Morgan fingerprint density at radius 1 is 0.873 bits per heavy atom. The number of nitrogens with one attached hydrogen (secondary N) is 2. The van der Waals surface area contributed by atoms with Crippen molar-refractivity contribution in [3.8, 4) is 0 Å². The number of hydrogen-bond donors (Lipinski definition) is 3. The van der Waals surface area contributed by atoms with Crippen LogP contribution >= 0.6 is 21.6 Å². The molecule has 0 spiro atoms. The van der Waals surface area contributed by atoms with Crippen molar-refractivity contribution in [2.24, 2.45) is 29.6 Å². The predicted molar refractivity (Wildman–Crippen MR) is 250 cm³/mol. The van der Waals surface area contributed by atoms with Crippen molar-refractivity contribution in [3.63, 3.8) is 0 Å². The molecule has 63 heavy (non-hydrogen) atoms. The molecule has 5 amide bonds. The first-order chi connectivity index (χ1) is 29.7. The van der Waals surface area contributed by atoms with Gasteiger partial charge in [0.25, 0.3) is 0 Å². The molecule has 0 saturated carbocycles. The lowest BCUT2D eigenvalue weighted by Crippen LogP contribution is -2.60. The molecule has 1 heterocycles. The molecule has 2 rings (SSSR count). The van der Waals surface area contributed by atoms with Gasteiger partial charge in [0.05, 0.1) is 41.9 Å². The zero-order valence-electron chi connectivity index (χ0n) is 40.1. The number of hydrogen-bond acceptors (Lipinski definition) is 11. The summed E-state index contributed by atoms with van der Waals surface area (Å²) in [5.41, 5.74) is 0.771. The molecule has 3 N–H and O–H groups in total. The minimum absolute atomic E-state index is 0.0665. The molecule has 1 aromatic rings. The zero-order chi connectivity index (χ0) is 47.7. The second-order valence-corrected chi connectivity index (χ2v) is 20.5. The summed E-state index contributed by atoms with van der Waals surface area (Å²) in [5.74, 6) is -3.97. The maximum atomic E-state index is 14.5. The maximum Gasteiger partial charge on any atom is 0.410 e. The number of benzene rings is 1. The Labute approximate surface area is 384 Å². The van der Waals surface area contributed by atoms with E-state index in [0.717, 1.165) is 5.56 Å². The maximum absolute atomic E-state index is 14.5. The highest BCUT2D eigenvalue weighted by Crippen LogP contribution is 2.31. The number of carboxylic acids is 1. The molecule has 0 aromatic heterocycles. The van der Waals surface area contributed by atoms with E-state index in [-0.39, 0.29) is 60.2 Å². The zero-order valence-corrected chi connectivity index (χ0v) is 41.8. The first-order valence-electron chi connectivity index (χ1n) is 22.2. The number of methoxy groups -OCH3 is 2. The summed E-state index contributed by atoms with van der Waals surface area (Å²) in [6.45, 7) is 17.8. The van der Waals surface area contributed by atoms with E-state index < -0.39 is 72.2 Å². The normalized spacial score (nSPS) is 18.4. The van der Waals surface area contributed by atoms with Gasteiger partial charge in [-0.25, -0.2) is 9.59 Å². The minimum Gasteiger partial charge on any atom is -0.480 e. The van der Waals surface area contributed by atoms with Crippen molar-refractivity contribution < 1.29 is 48.1 Å². The van der Waals surface area contributed by atoms with Gasteiger partial charge >= 0.3 is 12.1 Å². The molecule has 15 nitrogen and oxygen atoms in total. The fourth-order valence-corrected chi connectivity index (χ4v) is 10.5. The van der Waals surface area contributed by atoms with Crippen LogP contribution in [0, 0.1) is 29.6 Å². The molecule has 17 heteroatoms. The van der Waals surface area contributed by atoms with Gasteiger partial charge in [0.2, 0.25) is 23.6 Å². The molecule has 0 aliphatic carbocycles. The van der Waals surface area contributed by atoms with Crippen molar-refractivity contribution >= 4 is 57.3 Å². The lowest BCUT2D eigenvalue weighted by molar-refractivity contribution is -0.148. The molecular weight excluding hydrogens is 847 g/mol. The smallest absolute Gasteiger partial charge is 0.410 e. The Bertz CT molecular complexity index is 1620. The molecule has 1 fully saturated rings. The van der Waals surface area contributed by atoms with Gasteiger partial charge in [0.15, 0.2) is 0 Å². The van der Waals surface area contributed by atoms with Crippen LogP contribution in [0.15, 0.2) is 30.3 Å². The van der Waals surface area contributed by atoms with Crippen molar-refractivity contribution in [1.29, 1.82) is 0 Å². The quantitative estimate of drug-likeness (QED) is 0.0925.